The van der Waals surface area contributed by atoms with E-state index in [4.69, 9.17) is 9.72 Å². The second-order valence-corrected chi connectivity index (χ2v) is 5.36. The fourth-order valence-electron chi connectivity index (χ4n) is 2.50. The number of aromatic nitrogens is 2. The van der Waals surface area contributed by atoms with E-state index in [1.807, 2.05) is 43.6 Å². The Hall–Kier alpha value is -2.62. The maximum Gasteiger partial charge on any atom is 0.129 e. The van der Waals surface area contributed by atoms with Gasteiger partial charge >= 0.3 is 0 Å². The van der Waals surface area contributed by atoms with Crippen molar-refractivity contribution in [1.29, 1.82) is 0 Å². The molecule has 0 aliphatic heterocycles. The van der Waals surface area contributed by atoms with Crippen molar-refractivity contribution in [2.45, 2.75) is 13.5 Å². The highest BCUT2D eigenvalue weighted by molar-refractivity contribution is 5.85. The molecule has 0 aliphatic carbocycles. The van der Waals surface area contributed by atoms with Crippen LogP contribution in [0.2, 0.25) is 0 Å². The smallest absolute Gasteiger partial charge is 0.129 e. The van der Waals surface area contributed by atoms with E-state index in [0.29, 0.717) is 0 Å². The maximum atomic E-state index is 5.29. The number of benzene rings is 1. The second kappa shape index (κ2) is 6.02. The minimum Gasteiger partial charge on any atom is -0.497 e. The van der Waals surface area contributed by atoms with E-state index in [1.165, 1.54) is 5.56 Å². The number of hydrogen-bond acceptors (Lipinski definition) is 4. The number of nitrogens with zero attached hydrogens (tertiary/aromatic N) is 3. The van der Waals surface area contributed by atoms with Crippen molar-refractivity contribution in [1.82, 2.24) is 9.97 Å². The van der Waals surface area contributed by atoms with E-state index in [9.17, 15) is 0 Å². The van der Waals surface area contributed by atoms with Gasteiger partial charge in [0.25, 0.3) is 0 Å². The largest absolute Gasteiger partial charge is 0.497 e. The van der Waals surface area contributed by atoms with Crippen LogP contribution in [0.15, 0.2) is 48.7 Å². The van der Waals surface area contributed by atoms with Gasteiger partial charge in [0, 0.05) is 24.7 Å². The van der Waals surface area contributed by atoms with Gasteiger partial charge in [-0.3, -0.25) is 4.98 Å². The fraction of sp³-hybridized carbons (Fsp3) is 0.222. The van der Waals surface area contributed by atoms with E-state index in [0.717, 1.165) is 34.7 Å². The number of aryl methyl sites for hydroxylation is 1. The predicted molar refractivity (Wildman–Crippen MR) is 89.4 cm³/mol. The number of pyridine rings is 2. The molecule has 0 radical (unpaired) electrons. The molecule has 112 valence electrons. The Bertz CT molecular complexity index is 787. The van der Waals surface area contributed by atoms with Crippen LogP contribution in [0, 0.1) is 6.92 Å². The summed E-state index contributed by atoms with van der Waals surface area (Å²) in [7, 11) is 3.70. The normalized spacial score (nSPS) is 10.7. The van der Waals surface area contributed by atoms with Crippen molar-refractivity contribution < 1.29 is 4.74 Å². The SMILES string of the molecule is COc1ccc2c(C)cc(N(C)Cc3ccccn3)nc2c1. The van der Waals surface area contributed by atoms with Crippen molar-refractivity contribution >= 4 is 16.7 Å². The van der Waals surface area contributed by atoms with Crippen LogP contribution >= 0.6 is 0 Å². The molecule has 0 amide bonds. The third kappa shape index (κ3) is 2.86. The standard InChI is InChI=1S/C18H19N3O/c1-13-10-18(21(2)12-14-6-4-5-9-19-14)20-17-11-15(22-3)7-8-16(13)17/h4-11H,12H2,1-3H3. The van der Waals surface area contributed by atoms with Gasteiger partial charge in [-0.25, -0.2) is 4.98 Å². The number of rotatable bonds is 4. The third-order valence-electron chi connectivity index (χ3n) is 3.73. The molecule has 22 heavy (non-hydrogen) atoms. The van der Waals surface area contributed by atoms with E-state index >= 15 is 0 Å². The number of fused-ring (bicyclic) bond motifs is 1. The first kappa shape index (κ1) is 14.3. The highest BCUT2D eigenvalue weighted by Gasteiger charge is 2.09. The van der Waals surface area contributed by atoms with E-state index in [1.54, 1.807) is 7.11 Å². The maximum absolute atomic E-state index is 5.29. The van der Waals surface area contributed by atoms with Crippen LogP contribution in [0.3, 0.4) is 0 Å². The molecule has 1 aromatic carbocycles. The van der Waals surface area contributed by atoms with Gasteiger partial charge in [-0.2, -0.15) is 0 Å². The summed E-state index contributed by atoms with van der Waals surface area (Å²) in [5, 5.41) is 1.15. The molecule has 0 bridgehead atoms. The van der Waals surface area contributed by atoms with Crippen molar-refractivity contribution in [3.05, 3.63) is 59.9 Å². The lowest BCUT2D eigenvalue weighted by Crippen LogP contribution is -2.18. The van der Waals surface area contributed by atoms with Crippen molar-refractivity contribution in [2.24, 2.45) is 0 Å². The number of ether oxygens (including phenoxy) is 1. The summed E-state index contributed by atoms with van der Waals surface area (Å²) in [5.74, 6) is 1.76. The molecule has 0 atom stereocenters. The van der Waals surface area contributed by atoms with Crippen LogP contribution in [0.5, 0.6) is 5.75 Å². The average Bonchev–Trinajstić information content (AvgIpc) is 2.55. The Kier molecular flexibility index (Phi) is 3.92. The Morgan fingerprint density at radius 3 is 2.73 bits per heavy atom. The predicted octanol–water partition coefficient (Wildman–Crippen LogP) is 3.58. The van der Waals surface area contributed by atoms with Gasteiger partial charge in [-0.15, -0.1) is 0 Å². The molecule has 3 aromatic rings. The lowest BCUT2D eigenvalue weighted by molar-refractivity contribution is 0.415. The molecule has 2 aromatic heterocycles. The lowest BCUT2D eigenvalue weighted by Gasteiger charge is -2.19. The van der Waals surface area contributed by atoms with Crippen LogP contribution in [-0.4, -0.2) is 24.1 Å². The van der Waals surface area contributed by atoms with Gasteiger partial charge in [0.05, 0.1) is 24.9 Å². The molecule has 0 saturated heterocycles. The van der Waals surface area contributed by atoms with E-state index < -0.39 is 0 Å². The highest BCUT2D eigenvalue weighted by Crippen LogP contribution is 2.25. The molecule has 0 spiro atoms. The first-order valence-electron chi connectivity index (χ1n) is 7.24. The molecule has 0 unspecified atom stereocenters. The quantitative estimate of drug-likeness (QED) is 0.737. The van der Waals surface area contributed by atoms with E-state index in [-0.39, 0.29) is 0 Å². The molecule has 0 N–H and O–H groups in total. The number of anilines is 1. The first-order valence-corrected chi connectivity index (χ1v) is 7.24. The summed E-state index contributed by atoms with van der Waals surface area (Å²) in [5.41, 5.74) is 3.17. The Balaban J connectivity index is 1.96. The summed E-state index contributed by atoms with van der Waals surface area (Å²) in [6.07, 6.45) is 1.81. The van der Waals surface area contributed by atoms with Gasteiger partial charge in [-0.1, -0.05) is 6.07 Å². The Morgan fingerprint density at radius 1 is 1.14 bits per heavy atom. The molecule has 2 heterocycles. The molecule has 0 saturated carbocycles. The molecule has 0 fully saturated rings. The minimum atomic E-state index is 0.725. The summed E-state index contributed by atoms with van der Waals surface area (Å²) < 4.78 is 5.29. The van der Waals surface area contributed by atoms with Crippen LogP contribution in [0.4, 0.5) is 5.82 Å². The third-order valence-corrected chi connectivity index (χ3v) is 3.73. The average molecular weight is 293 g/mol. The van der Waals surface area contributed by atoms with Crippen LogP contribution in [0.25, 0.3) is 10.9 Å². The molecular formula is C18H19N3O. The van der Waals surface area contributed by atoms with Gasteiger partial charge in [0.2, 0.25) is 0 Å². The zero-order valence-corrected chi connectivity index (χ0v) is 13.1. The number of hydrogen-bond donors (Lipinski definition) is 0. The Morgan fingerprint density at radius 2 is 2.00 bits per heavy atom. The van der Waals surface area contributed by atoms with E-state index in [2.05, 4.69) is 28.9 Å². The van der Waals surface area contributed by atoms with Crippen molar-refractivity contribution in [2.75, 3.05) is 19.1 Å². The van der Waals surface area contributed by atoms with Crippen molar-refractivity contribution in [3.8, 4) is 5.75 Å². The zero-order chi connectivity index (χ0) is 15.5. The summed E-state index contributed by atoms with van der Waals surface area (Å²) in [4.78, 5) is 11.2. The van der Waals surface area contributed by atoms with Crippen LogP contribution < -0.4 is 9.64 Å². The fourth-order valence-corrected chi connectivity index (χ4v) is 2.50. The van der Waals surface area contributed by atoms with Gasteiger partial charge in [-0.05, 0) is 42.8 Å². The highest BCUT2D eigenvalue weighted by atomic mass is 16.5. The van der Waals surface area contributed by atoms with Gasteiger partial charge in [0.15, 0.2) is 0 Å². The Labute approximate surface area is 130 Å². The summed E-state index contributed by atoms with van der Waals surface area (Å²) >= 11 is 0. The minimum absolute atomic E-state index is 0.725. The molecule has 4 heteroatoms. The van der Waals surface area contributed by atoms with Gasteiger partial charge < -0.3 is 9.64 Å². The molecule has 3 rings (SSSR count). The lowest BCUT2D eigenvalue weighted by atomic mass is 10.1. The van der Waals surface area contributed by atoms with Crippen molar-refractivity contribution in [3.63, 3.8) is 0 Å². The summed E-state index contributed by atoms with van der Waals surface area (Å²) in [6.45, 7) is 2.83. The monoisotopic (exact) mass is 293 g/mol. The first-order chi connectivity index (χ1) is 10.7. The van der Waals surface area contributed by atoms with Crippen LogP contribution in [0.1, 0.15) is 11.3 Å². The van der Waals surface area contributed by atoms with Gasteiger partial charge in [0.1, 0.15) is 11.6 Å². The molecule has 4 nitrogen and oxygen atoms in total. The topological polar surface area (TPSA) is 38.2 Å². The second-order valence-electron chi connectivity index (χ2n) is 5.36. The van der Waals surface area contributed by atoms with Crippen LogP contribution in [-0.2, 0) is 6.54 Å². The molecule has 0 aliphatic rings. The summed E-state index contributed by atoms with van der Waals surface area (Å²) in [6, 6.07) is 14.0. The zero-order valence-electron chi connectivity index (χ0n) is 13.1. The number of methoxy groups -OCH3 is 1. The molecular weight excluding hydrogens is 274 g/mol.